The molecule has 0 aliphatic heterocycles. The zero-order valence-electron chi connectivity index (χ0n) is 16.7. The minimum Gasteiger partial charge on any atom is -0.352 e. The monoisotopic (exact) mass is 462 g/mol. The van der Waals surface area contributed by atoms with Crippen molar-refractivity contribution in [3.8, 4) is 0 Å². The van der Waals surface area contributed by atoms with Crippen molar-refractivity contribution in [1.29, 1.82) is 0 Å². The number of nitrogens with one attached hydrogen (secondary N) is 1. The first-order chi connectivity index (χ1) is 13.3. The van der Waals surface area contributed by atoms with Gasteiger partial charge in [0.25, 0.3) is 0 Å². The molecule has 0 bridgehead atoms. The molecule has 2 aromatic rings. The van der Waals surface area contributed by atoms with E-state index < -0.39 is 6.04 Å². The average molecular weight is 463 g/mol. The van der Waals surface area contributed by atoms with Gasteiger partial charge in [0.1, 0.15) is 6.04 Å². The molecule has 6 heteroatoms. The van der Waals surface area contributed by atoms with E-state index in [-0.39, 0.29) is 17.9 Å². The summed E-state index contributed by atoms with van der Waals surface area (Å²) in [5, 5.41) is 2.91. The second-order valence-corrected chi connectivity index (χ2v) is 9.05. The predicted molar refractivity (Wildman–Crippen MR) is 119 cm³/mol. The van der Waals surface area contributed by atoms with E-state index in [0.29, 0.717) is 12.3 Å². The molecule has 0 saturated carbocycles. The van der Waals surface area contributed by atoms with E-state index >= 15 is 0 Å². The number of hydrogen-bond donors (Lipinski definition) is 1. The van der Waals surface area contributed by atoms with Crippen LogP contribution in [0.25, 0.3) is 0 Å². The lowest BCUT2D eigenvalue weighted by atomic mass is 10.1. The summed E-state index contributed by atoms with van der Waals surface area (Å²) in [5.74, 6) is 0.0968. The number of aryl methyl sites for hydroxylation is 1. The largest absolute Gasteiger partial charge is 0.352 e. The number of amides is 2. The lowest BCUT2D eigenvalue weighted by molar-refractivity contribution is -0.138. The topological polar surface area (TPSA) is 49.4 Å². The van der Waals surface area contributed by atoms with Gasteiger partial charge in [-0.2, -0.15) is 0 Å². The van der Waals surface area contributed by atoms with Gasteiger partial charge in [0.05, 0.1) is 5.75 Å². The molecule has 0 radical (unpaired) electrons. The highest BCUT2D eigenvalue weighted by atomic mass is 79.9. The van der Waals surface area contributed by atoms with E-state index in [1.165, 1.54) is 17.3 Å². The van der Waals surface area contributed by atoms with Crippen LogP contribution in [0.2, 0.25) is 0 Å². The summed E-state index contributed by atoms with van der Waals surface area (Å²) in [6.45, 7) is 8.05. The molecular weight excluding hydrogens is 436 g/mol. The number of halogens is 1. The zero-order chi connectivity index (χ0) is 20.7. The van der Waals surface area contributed by atoms with E-state index in [9.17, 15) is 9.59 Å². The normalized spacial score (nSPS) is 11.9. The van der Waals surface area contributed by atoms with Crippen LogP contribution in [0.3, 0.4) is 0 Å². The number of carbonyl (C=O) groups is 2. The quantitative estimate of drug-likeness (QED) is 0.573. The Bertz CT molecular complexity index is 791. The van der Waals surface area contributed by atoms with Crippen molar-refractivity contribution in [2.75, 3.05) is 5.75 Å². The fraction of sp³-hybridized carbons (Fsp3) is 0.364. The van der Waals surface area contributed by atoms with Crippen molar-refractivity contribution < 1.29 is 9.59 Å². The highest BCUT2D eigenvalue weighted by molar-refractivity contribution is 9.10. The molecule has 28 heavy (non-hydrogen) atoms. The number of nitrogens with zero attached hydrogens (tertiary/aromatic N) is 1. The van der Waals surface area contributed by atoms with Crippen LogP contribution in [0.5, 0.6) is 0 Å². The Morgan fingerprint density at radius 2 is 1.64 bits per heavy atom. The van der Waals surface area contributed by atoms with E-state index in [0.717, 1.165) is 14.9 Å². The van der Waals surface area contributed by atoms with Crippen LogP contribution < -0.4 is 5.32 Å². The van der Waals surface area contributed by atoms with Crippen molar-refractivity contribution in [1.82, 2.24) is 10.2 Å². The lowest BCUT2D eigenvalue weighted by Crippen LogP contribution is -2.49. The Kier molecular flexibility index (Phi) is 8.58. The number of hydrogen-bond acceptors (Lipinski definition) is 3. The van der Waals surface area contributed by atoms with Crippen molar-refractivity contribution in [3.05, 3.63) is 64.1 Å². The second kappa shape index (κ2) is 10.7. The Labute approximate surface area is 180 Å². The van der Waals surface area contributed by atoms with Crippen LogP contribution in [0.15, 0.2) is 57.9 Å². The Morgan fingerprint density at radius 3 is 2.21 bits per heavy atom. The molecular formula is C22H27BrN2O2S. The standard InChI is InChI=1S/C22H27BrN2O2S/c1-15(2)24-22(27)17(4)25(13-18-7-9-19(23)10-8-18)21(26)14-28-20-11-5-16(3)6-12-20/h5-12,15,17H,13-14H2,1-4H3,(H,24,27). The third-order valence-corrected chi connectivity index (χ3v) is 5.77. The van der Waals surface area contributed by atoms with Gasteiger partial charge < -0.3 is 10.2 Å². The third kappa shape index (κ3) is 6.99. The molecule has 1 N–H and O–H groups in total. The van der Waals surface area contributed by atoms with E-state index in [1.54, 1.807) is 11.8 Å². The van der Waals surface area contributed by atoms with Gasteiger partial charge in [-0.15, -0.1) is 11.8 Å². The minimum absolute atomic E-state index is 0.0292. The predicted octanol–water partition coefficient (Wildman–Crippen LogP) is 4.79. The maximum absolute atomic E-state index is 13.0. The Morgan fingerprint density at radius 1 is 1.04 bits per heavy atom. The molecule has 150 valence electrons. The Hall–Kier alpha value is -1.79. The van der Waals surface area contributed by atoms with Crippen LogP contribution in [0, 0.1) is 6.92 Å². The molecule has 0 aliphatic rings. The van der Waals surface area contributed by atoms with Gasteiger partial charge in [-0.25, -0.2) is 0 Å². The van der Waals surface area contributed by atoms with Gasteiger partial charge in [0, 0.05) is 22.0 Å². The second-order valence-electron chi connectivity index (χ2n) is 7.09. The SMILES string of the molecule is Cc1ccc(SCC(=O)N(Cc2ccc(Br)cc2)C(C)C(=O)NC(C)C)cc1. The molecule has 0 aliphatic carbocycles. The van der Waals surface area contributed by atoms with Gasteiger partial charge in [-0.05, 0) is 57.5 Å². The molecule has 2 aromatic carbocycles. The highest BCUT2D eigenvalue weighted by Crippen LogP contribution is 2.21. The summed E-state index contributed by atoms with van der Waals surface area (Å²) in [5.41, 5.74) is 2.17. The number of rotatable bonds is 8. The number of benzene rings is 2. The summed E-state index contributed by atoms with van der Waals surface area (Å²) in [6, 6.07) is 15.4. The molecule has 4 nitrogen and oxygen atoms in total. The van der Waals surface area contributed by atoms with Crippen molar-refractivity contribution >= 4 is 39.5 Å². The maximum atomic E-state index is 13.0. The summed E-state index contributed by atoms with van der Waals surface area (Å²) < 4.78 is 0.981. The first kappa shape index (κ1) is 22.5. The van der Waals surface area contributed by atoms with Crippen LogP contribution in [-0.4, -0.2) is 34.6 Å². The fourth-order valence-electron chi connectivity index (χ4n) is 2.64. The summed E-state index contributed by atoms with van der Waals surface area (Å²) in [7, 11) is 0. The molecule has 2 rings (SSSR count). The third-order valence-electron chi connectivity index (χ3n) is 4.25. The minimum atomic E-state index is -0.544. The molecule has 0 saturated heterocycles. The number of carbonyl (C=O) groups excluding carboxylic acids is 2. The zero-order valence-corrected chi connectivity index (χ0v) is 19.1. The van der Waals surface area contributed by atoms with Gasteiger partial charge in [-0.3, -0.25) is 9.59 Å². The Balaban J connectivity index is 2.12. The first-order valence-corrected chi connectivity index (χ1v) is 11.1. The maximum Gasteiger partial charge on any atom is 0.242 e. The lowest BCUT2D eigenvalue weighted by Gasteiger charge is -2.29. The van der Waals surface area contributed by atoms with Crippen LogP contribution in [-0.2, 0) is 16.1 Å². The summed E-state index contributed by atoms with van der Waals surface area (Å²) in [4.78, 5) is 28.2. The van der Waals surface area contributed by atoms with Crippen LogP contribution in [0.4, 0.5) is 0 Å². The molecule has 2 amide bonds. The van der Waals surface area contributed by atoms with Gasteiger partial charge >= 0.3 is 0 Å². The molecule has 0 spiro atoms. The molecule has 0 heterocycles. The highest BCUT2D eigenvalue weighted by Gasteiger charge is 2.26. The average Bonchev–Trinajstić information content (AvgIpc) is 2.65. The van der Waals surface area contributed by atoms with Gasteiger partial charge in [-0.1, -0.05) is 45.8 Å². The van der Waals surface area contributed by atoms with Crippen molar-refractivity contribution in [2.24, 2.45) is 0 Å². The van der Waals surface area contributed by atoms with E-state index in [1.807, 2.05) is 69.3 Å². The molecule has 1 unspecified atom stereocenters. The van der Waals surface area contributed by atoms with Crippen molar-refractivity contribution in [2.45, 2.75) is 51.2 Å². The van der Waals surface area contributed by atoms with E-state index in [2.05, 4.69) is 21.2 Å². The van der Waals surface area contributed by atoms with E-state index in [4.69, 9.17) is 0 Å². The molecule has 0 aromatic heterocycles. The van der Waals surface area contributed by atoms with Gasteiger partial charge in [0.15, 0.2) is 0 Å². The summed E-state index contributed by atoms with van der Waals surface area (Å²) in [6.07, 6.45) is 0. The summed E-state index contributed by atoms with van der Waals surface area (Å²) >= 11 is 4.92. The first-order valence-electron chi connectivity index (χ1n) is 9.30. The smallest absolute Gasteiger partial charge is 0.242 e. The van der Waals surface area contributed by atoms with Crippen LogP contribution >= 0.6 is 27.7 Å². The molecule has 0 fully saturated rings. The van der Waals surface area contributed by atoms with Gasteiger partial charge in [0.2, 0.25) is 11.8 Å². The molecule has 1 atom stereocenters. The number of thioether (sulfide) groups is 1. The van der Waals surface area contributed by atoms with Crippen molar-refractivity contribution in [3.63, 3.8) is 0 Å². The fourth-order valence-corrected chi connectivity index (χ4v) is 3.69. The van der Waals surface area contributed by atoms with Crippen LogP contribution in [0.1, 0.15) is 31.9 Å².